The van der Waals surface area contributed by atoms with Crippen LogP contribution in [-0.2, 0) is 0 Å². The van der Waals surface area contributed by atoms with Crippen LogP contribution in [0.3, 0.4) is 0 Å². The molecule has 92 valence electrons. The third-order valence-corrected chi connectivity index (χ3v) is 2.55. The maximum absolute atomic E-state index is 9.67. The van der Waals surface area contributed by atoms with Crippen molar-refractivity contribution in [3.63, 3.8) is 0 Å². The molecule has 1 atom stereocenters. The minimum Gasteiger partial charge on any atom is -0.394 e. The van der Waals surface area contributed by atoms with Gasteiger partial charge in [-0.3, -0.25) is 0 Å². The Morgan fingerprint density at radius 3 is 1.80 bits per heavy atom. The van der Waals surface area contributed by atoms with E-state index in [1.807, 2.05) is 6.92 Å². The van der Waals surface area contributed by atoms with Crippen LogP contribution in [0, 0.1) is 0 Å². The molecular formula is C9H21NO5. The van der Waals surface area contributed by atoms with E-state index in [1.165, 1.54) is 0 Å². The first-order valence-corrected chi connectivity index (χ1v) is 5.00. The predicted octanol–water partition coefficient (Wildman–Crippen LogP) is -1.93. The van der Waals surface area contributed by atoms with Crippen LogP contribution in [0.4, 0.5) is 0 Å². The zero-order valence-electron chi connectivity index (χ0n) is 9.00. The summed E-state index contributed by atoms with van der Waals surface area (Å²) in [6, 6.07) is 0. The second-order valence-electron chi connectivity index (χ2n) is 3.58. The van der Waals surface area contributed by atoms with Gasteiger partial charge in [-0.15, -0.1) is 0 Å². The molecule has 6 heteroatoms. The summed E-state index contributed by atoms with van der Waals surface area (Å²) in [4.78, 5) is 1.09. The lowest BCUT2D eigenvalue weighted by molar-refractivity contribution is -0.157. The summed E-state index contributed by atoms with van der Waals surface area (Å²) in [5.41, 5.74) is -1.39. The van der Waals surface area contributed by atoms with Gasteiger partial charge in [0.05, 0.1) is 32.1 Å². The first kappa shape index (κ1) is 14.8. The lowest BCUT2D eigenvalue weighted by atomic mass is 10.00. The highest BCUT2D eigenvalue weighted by atomic mass is 16.3. The first-order chi connectivity index (χ1) is 7.11. The molecule has 0 fully saturated rings. The van der Waals surface area contributed by atoms with Crippen LogP contribution >= 0.6 is 0 Å². The molecule has 0 aliphatic carbocycles. The van der Waals surface area contributed by atoms with Gasteiger partial charge in [-0.1, -0.05) is 13.3 Å². The van der Waals surface area contributed by atoms with Crippen molar-refractivity contribution in [2.24, 2.45) is 0 Å². The maximum Gasteiger partial charge on any atom is 0.109 e. The fourth-order valence-electron chi connectivity index (χ4n) is 1.40. The minimum atomic E-state index is -1.39. The van der Waals surface area contributed by atoms with Gasteiger partial charge in [0.2, 0.25) is 0 Å². The van der Waals surface area contributed by atoms with Crippen LogP contribution < -0.4 is 0 Å². The monoisotopic (exact) mass is 223 g/mol. The van der Waals surface area contributed by atoms with Crippen LogP contribution in [0.15, 0.2) is 0 Å². The van der Waals surface area contributed by atoms with E-state index in [1.54, 1.807) is 0 Å². The number of aliphatic hydroxyl groups excluding tert-OH is 5. The third-order valence-electron chi connectivity index (χ3n) is 2.55. The largest absolute Gasteiger partial charge is 0.394 e. The summed E-state index contributed by atoms with van der Waals surface area (Å²) in [5.74, 6) is 0. The number of nitrogens with zero attached hydrogens (tertiary/aromatic N) is 1. The number of rotatable bonds is 8. The molecule has 0 aromatic carbocycles. The fourth-order valence-corrected chi connectivity index (χ4v) is 1.40. The van der Waals surface area contributed by atoms with Crippen molar-refractivity contribution in [3.8, 4) is 0 Å². The Morgan fingerprint density at radius 2 is 1.53 bits per heavy atom. The van der Waals surface area contributed by atoms with Gasteiger partial charge >= 0.3 is 0 Å². The molecule has 0 saturated heterocycles. The summed E-state index contributed by atoms with van der Waals surface area (Å²) >= 11 is 0. The highest BCUT2D eigenvalue weighted by Crippen LogP contribution is 2.18. The molecule has 0 rings (SSSR count). The van der Waals surface area contributed by atoms with Crippen molar-refractivity contribution in [3.05, 3.63) is 0 Å². The molecule has 6 nitrogen and oxygen atoms in total. The highest BCUT2D eigenvalue weighted by Gasteiger charge is 2.38. The Bertz CT molecular complexity index is 154. The van der Waals surface area contributed by atoms with E-state index in [9.17, 15) is 5.11 Å². The van der Waals surface area contributed by atoms with Gasteiger partial charge in [0, 0.05) is 0 Å². The summed E-state index contributed by atoms with van der Waals surface area (Å²) in [7, 11) is 0. The SMILES string of the molecule is CCCC(O)N(CO)C(CO)(CO)CO. The van der Waals surface area contributed by atoms with Crippen LogP contribution in [-0.4, -0.2) is 68.8 Å². The van der Waals surface area contributed by atoms with Gasteiger partial charge < -0.3 is 25.5 Å². The fraction of sp³-hybridized carbons (Fsp3) is 1.00. The average molecular weight is 223 g/mol. The van der Waals surface area contributed by atoms with Crippen molar-refractivity contribution in [2.75, 3.05) is 26.6 Å². The molecular weight excluding hydrogens is 202 g/mol. The second kappa shape index (κ2) is 7.10. The van der Waals surface area contributed by atoms with Gasteiger partial charge in [0.1, 0.15) is 6.23 Å². The van der Waals surface area contributed by atoms with Crippen molar-refractivity contribution < 1.29 is 25.5 Å². The second-order valence-corrected chi connectivity index (χ2v) is 3.58. The topological polar surface area (TPSA) is 104 Å². The molecule has 15 heavy (non-hydrogen) atoms. The molecule has 0 aliphatic heterocycles. The predicted molar refractivity (Wildman–Crippen MR) is 53.8 cm³/mol. The van der Waals surface area contributed by atoms with E-state index in [0.29, 0.717) is 12.8 Å². The van der Waals surface area contributed by atoms with E-state index in [4.69, 9.17) is 20.4 Å². The number of hydrogen-bond acceptors (Lipinski definition) is 6. The normalized spacial score (nSPS) is 14.6. The lowest BCUT2D eigenvalue weighted by Gasteiger charge is -2.41. The van der Waals surface area contributed by atoms with Gasteiger partial charge in [-0.05, 0) is 6.42 Å². The van der Waals surface area contributed by atoms with Crippen molar-refractivity contribution in [1.29, 1.82) is 0 Å². The van der Waals surface area contributed by atoms with E-state index < -0.39 is 38.3 Å². The minimum absolute atomic E-state index is 0.391. The van der Waals surface area contributed by atoms with E-state index in [-0.39, 0.29) is 0 Å². The molecule has 0 saturated carbocycles. The zero-order chi connectivity index (χ0) is 11.9. The van der Waals surface area contributed by atoms with Crippen LogP contribution in [0.25, 0.3) is 0 Å². The standard InChI is InChI=1S/C9H21NO5/c1-2-3-8(15)10(7-14)9(4-11,5-12)6-13/h8,11-15H,2-7H2,1H3. The lowest BCUT2D eigenvalue weighted by Crippen LogP contribution is -2.61. The quantitative estimate of drug-likeness (QED) is 0.307. The summed E-state index contributed by atoms with van der Waals surface area (Å²) in [6.07, 6.45) is 0.0877. The molecule has 0 spiro atoms. The Labute approximate surface area is 89.4 Å². The molecule has 0 amide bonds. The van der Waals surface area contributed by atoms with Crippen molar-refractivity contribution >= 4 is 0 Å². The van der Waals surface area contributed by atoms with E-state index in [2.05, 4.69) is 0 Å². The molecule has 1 unspecified atom stereocenters. The van der Waals surface area contributed by atoms with Crippen molar-refractivity contribution in [2.45, 2.75) is 31.5 Å². The van der Waals surface area contributed by atoms with Gasteiger partial charge in [-0.25, -0.2) is 4.90 Å². The van der Waals surface area contributed by atoms with Crippen LogP contribution in [0.5, 0.6) is 0 Å². The van der Waals surface area contributed by atoms with Crippen LogP contribution in [0.1, 0.15) is 19.8 Å². The molecule has 0 radical (unpaired) electrons. The Hall–Kier alpha value is -0.240. The Morgan fingerprint density at radius 1 is 1.07 bits per heavy atom. The molecule has 0 aliphatic rings. The van der Waals surface area contributed by atoms with Gasteiger partial charge in [0.15, 0.2) is 0 Å². The molecule has 0 aromatic heterocycles. The van der Waals surface area contributed by atoms with Crippen molar-refractivity contribution in [1.82, 2.24) is 4.90 Å². The summed E-state index contributed by atoms with van der Waals surface area (Å²) in [5, 5.41) is 46.1. The van der Waals surface area contributed by atoms with E-state index >= 15 is 0 Å². The average Bonchev–Trinajstić information content (AvgIpc) is 2.26. The maximum atomic E-state index is 9.67. The first-order valence-electron chi connectivity index (χ1n) is 5.00. The summed E-state index contributed by atoms with van der Waals surface area (Å²) < 4.78 is 0. The number of aliphatic hydroxyl groups is 5. The number of hydrogen-bond donors (Lipinski definition) is 5. The summed E-state index contributed by atoms with van der Waals surface area (Å²) in [6.45, 7) is -0.301. The van der Waals surface area contributed by atoms with Gasteiger partial charge in [0.25, 0.3) is 0 Å². The Balaban J connectivity index is 4.72. The van der Waals surface area contributed by atoms with Crippen LogP contribution in [0.2, 0.25) is 0 Å². The van der Waals surface area contributed by atoms with Gasteiger partial charge in [-0.2, -0.15) is 0 Å². The zero-order valence-corrected chi connectivity index (χ0v) is 9.00. The molecule has 0 bridgehead atoms. The highest BCUT2D eigenvalue weighted by molar-refractivity contribution is 4.89. The molecule has 0 aromatic rings. The molecule has 5 N–H and O–H groups in total. The van der Waals surface area contributed by atoms with E-state index in [0.717, 1.165) is 4.90 Å². The third kappa shape index (κ3) is 3.37. The molecule has 0 heterocycles. The Kier molecular flexibility index (Phi) is 6.99. The smallest absolute Gasteiger partial charge is 0.109 e.